The zero-order valence-corrected chi connectivity index (χ0v) is 24.9. The van der Waals surface area contributed by atoms with Crippen molar-refractivity contribution in [2.45, 2.75) is 90.4 Å². The average Bonchev–Trinajstić information content (AvgIpc) is 2.77. The number of rotatable bonds is 7. The Bertz CT molecular complexity index is 1150. The highest BCUT2D eigenvalue weighted by Gasteiger charge is 2.42. The zero-order chi connectivity index (χ0) is 27.6. The van der Waals surface area contributed by atoms with Crippen LogP contribution in [0.2, 0.25) is 18.1 Å². The standard InChI is InChI=1S/C27H44N4O5Si/c1-26(2,3)35-25(33)29-21-12-13-30(18-23(21)36-37(8,9)27(4,5)6)14-15-31-22-16-19(34-7)10-11-20(22)28-17-24(31)32/h10-11,16-17,21,23H,12-15,18H2,1-9H3,(H,29,33)/t21-,23-/m1/s1. The summed E-state index contributed by atoms with van der Waals surface area (Å²) in [6.45, 7) is 19.3. The number of aromatic nitrogens is 2. The molecule has 1 aliphatic heterocycles. The number of nitrogens with zero attached hydrogens (tertiary/aromatic N) is 3. The van der Waals surface area contributed by atoms with E-state index in [4.69, 9.17) is 13.9 Å². The molecule has 0 spiro atoms. The Morgan fingerprint density at radius 2 is 1.86 bits per heavy atom. The second-order valence-corrected chi connectivity index (χ2v) is 17.1. The van der Waals surface area contributed by atoms with E-state index in [0.29, 0.717) is 25.4 Å². The molecule has 1 aliphatic rings. The van der Waals surface area contributed by atoms with Crippen molar-refractivity contribution in [3.8, 4) is 5.75 Å². The maximum absolute atomic E-state index is 12.7. The molecule has 1 fully saturated rings. The number of nitrogens with one attached hydrogen (secondary N) is 1. The molecule has 0 aliphatic carbocycles. The first kappa shape index (κ1) is 29.1. The molecule has 10 heteroatoms. The molecule has 0 radical (unpaired) electrons. The molecule has 206 valence electrons. The topological polar surface area (TPSA) is 94.9 Å². The van der Waals surface area contributed by atoms with Crippen LogP contribution >= 0.6 is 0 Å². The fraction of sp³-hybridized carbons (Fsp3) is 0.667. The lowest BCUT2D eigenvalue weighted by Crippen LogP contribution is -2.59. The van der Waals surface area contributed by atoms with E-state index in [1.54, 1.807) is 11.7 Å². The van der Waals surface area contributed by atoms with E-state index in [2.05, 4.69) is 49.1 Å². The maximum Gasteiger partial charge on any atom is 0.407 e. The normalized spacial score (nSPS) is 19.6. The number of methoxy groups -OCH3 is 1. The van der Waals surface area contributed by atoms with Gasteiger partial charge in [-0.05, 0) is 57.5 Å². The second-order valence-electron chi connectivity index (χ2n) is 12.4. The minimum atomic E-state index is -2.10. The Hall–Kier alpha value is -2.43. The van der Waals surface area contributed by atoms with Gasteiger partial charge in [0.1, 0.15) is 11.4 Å². The lowest BCUT2D eigenvalue weighted by atomic mass is 10.0. The Labute approximate surface area is 221 Å². The van der Waals surface area contributed by atoms with Crippen LogP contribution in [0.3, 0.4) is 0 Å². The van der Waals surface area contributed by atoms with Crippen LogP contribution in [0.15, 0.2) is 29.2 Å². The van der Waals surface area contributed by atoms with Crippen molar-refractivity contribution in [2.24, 2.45) is 0 Å². The van der Waals surface area contributed by atoms with Crippen molar-refractivity contribution in [2.75, 3.05) is 26.7 Å². The molecule has 1 amide bonds. The summed E-state index contributed by atoms with van der Waals surface area (Å²) >= 11 is 0. The van der Waals surface area contributed by atoms with Gasteiger partial charge in [-0.15, -0.1) is 0 Å². The van der Waals surface area contributed by atoms with E-state index in [-0.39, 0.29) is 22.7 Å². The third-order valence-corrected chi connectivity index (χ3v) is 11.8. The summed E-state index contributed by atoms with van der Waals surface area (Å²) in [6, 6.07) is 5.41. The van der Waals surface area contributed by atoms with E-state index in [0.717, 1.165) is 24.0 Å². The number of ether oxygens (including phenoxy) is 2. The minimum Gasteiger partial charge on any atom is -0.497 e. The van der Waals surface area contributed by atoms with Gasteiger partial charge in [-0.2, -0.15) is 0 Å². The Kier molecular flexibility index (Phi) is 8.76. The van der Waals surface area contributed by atoms with Crippen LogP contribution < -0.4 is 15.6 Å². The number of likely N-dealkylation sites (tertiary alicyclic amines) is 1. The Balaban J connectivity index is 1.78. The van der Waals surface area contributed by atoms with Gasteiger partial charge in [-0.25, -0.2) is 9.78 Å². The number of hydrogen-bond acceptors (Lipinski definition) is 7. The predicted molar refractivity (Wildman–Crippen MR) is 149 cm³/mol. The van der Waals surface area contributed by atoms with Gasteiger partial charge in [0.15, 0.2) is 8.32 Å². The van der Waals surface area contributed by atoms with Crippen molar-refractivity contribution in [1.29, 1.82) is 0 Å². The highest BCUT2D eigenvalue weighted by atomic mass is 28.4. The number of carbonyl (C=O) groups is 1. The summed E-state index contributed by atoms with van der Waals surface area (Å²) in [6.07, 6.45) is 1.51. The summed E-state index contributed by atoms with van der Waals surface area (Å²) in [4.78, 5) is 31.9. The first-order chi connectivity index (χ1) is 17.1. The highest BCUT2D eigenvalue weighted by Crippen LogP contribution is 2.38. The molecular weight excluding hydrogens is 488 g/mol. The van der Waals surface area contributed by atoms with Crippen LogP contribution in [0, 0.1) is 0 Å². The van der Waals surface area contributed by atoms with E-state index >= 15 is 0 Å². The fourth-order valence-electron chi connectivity index (χ4n) is 4.22. The molecule has 1 saturated heterocycles. The second kappa shape index (κ2) is 11.1. The Morgan fingerprint density at radius 1 is 1.16 bits per heavy atom. The molecule has 0 saturated carbocycles. The van der Waals surface area contributed by atoms with E-state index in [9.17, 15) is 9.59 Å². The van der Waals surface area contributed by atoms with Gasteiger partial charge in [0.2, 0.25) is 0 Å². The number of carbonyl (C=O) groups excluding carboxylic acids is 1. The molecule has 0 unspecified atom stereocenters. The maximum atomic E-state index is 12.7. The van der Waals surface area contributed by atoms with Crippen molar-refractivity contribution in [1.82, 2.24) is 19.8 Å². The largest absolute Gasteiger partial charge is 0.497 e. The lowest BCUT2D eigenvalue weighted by Gasteiger charge is -2.45. The van der Waals surface area contributed by atoms with Gasteiger partial charge in [0, 0.05) is 32.2 Å². The number of benzene rings is 1. The van der Waals surface area contributed by atoms with Crippen molar-refractivity contribution in [3.05, 3.63) is 34.7 Å². The summed E-state index contributed by atoms with van der Waals surface area (Å²) in [7, 11) is -0.491. The van der Waals surface area contributed by atoms with Crippen LogP contribution in [0.25, 0.3) is 11.0 Å². The number of amides is 1. The molecule has 3 rings (SSSR count). The molecule has 2 aromatic rings. The lowest BCUT2D eigenvalue weighted by molar-refractivity contribution is 0.0237. The number of alkyl carbamates (subject to hydrolysis) is 1. The van der Waals surface area contributed by atoms with Crippen molar-refractivity contribution < 1.29 is 18.7 Å². The number of piperidine rings is 1. The average molecular weight is 533 g/mol. The van der Waals surface area contributed by atoms with Crippen molar-refractivity contribution in [3.63, 3.8) is 0 Å². The summed E-state index contributed by atoms with van der Waals surface area (Å²) in [5.41, 5.74) is 0.794. The number of fused-ring (bicyclic) bond motifs is 1. The van der Waals surface area contributed by atoms with Gasteiger partial charge in [0.25, 0.3) is 5.56 Å². The monoisotopic (exact) mass is 532 g/mol. The Morgan fingerprint density at radius 3 is 2.49 bits per heavy atom. The first-order valence-corrected chi connectivity index (χ1v) is 15.9. The summed E-state index contributed by atoms with van der Waals surface area (Å²) in [5, 5.41) is 3.11. The molecule has 1 aromatic carbocycles. The van der Waals surface area contributed by atoms with E-state index < -0.39 is 20.0 Å². The molecule has 1 aromatic heterocycles. The van der Waals surface area contributed by atoms with E-state index in [1.165, 1.54) is 6.20 Å². The highest BCUT2D eigenvalue weighted by molar-refractivity contribution is 6.74. The SMILES string of the molecule is COc1ccc2ncc(=O)n(CCN3CC[C@@H](NC(=O)OC(C)(C)C)[C@H](O[Si](C)(C)C(C)(C)C)C3)c2c1. The molecular formula is C27H44N4O5Si. The fourth-order valence-corrected chi connectivity index (χ4v) is 5.57. The van der Waals surface area contributed by atoms with Gasteiger partial charge >= 0.3 is 6.09 Å². The van der Waals surface area contributed by atoms with Gasteiger partial charge in [0.05, 0.1) is 36.5 Å². The third-order valence-electron chi connectivity index (χ3n) is 7.29. The molecule has 9 nitrogen and oxygen atoms in total. The van der Waals surface area contributed by atoms with Crippen LogP contribution in [0.1, 0.15) is 48.0 Å². The summed E-state index contributed by atoms with van der Waals surface area (Å²) < 4.78 is 19.5. The third kappa shape index (κ3) is 7.55. The molecule has 37 heavy (non-hydrogen) atoms. The smallest absolute Gasteiger partial charge is 0.407 e. The predicted octanol–water partition coefficient (Wildman–Crippen LogP) is 4.39. The number of hydrogen-bond donors (Lipinski definition) is 1. The van der Waals surface area contributed by atoms with Crippen LogP contribution in [0.4, 0.5) is 4.79 Å². The zero-order valence-electron chi connectivity index (χ0n) is 23.9. The molecule has 1 N–H and O–H groups in total. The summed E-state index contributed by atoms with van der Waals surface area (Å²) in [5.74, 6) is 0.686. The molecule has 2 atom stereocenters. The minimum absolute atomic E-state index is 0.0358. The van der Waals surface area contributed by atoms with Gasteiger partial charge < -0.3 is 23.8 Å². The molecule has 0 bridgehead atoms. The van der Waals surface area contributed by atoms with Gasteiger partial charge in [-0.3, -0.25) is 9.69 Å². The quantitative estimate of drug-likeness (QED) is 0.528. The first-order valence-electron chi connectivity index (χ1n) is 13.0. The van der Waals surface area contributed by atoms with E-state index in [1.807, 2.05) is 39.0 Å². The van der Waals surface area contributed by atoms with Crippen LogP contribution in [-0.4, -0.2) is 73.4 Å². The van der Waals surface area contributed by atoms with Crippen LogP contribution in [-0.2, 0) is 15.7 Å². The van der Waals surface area contributed by atoms with Crippen molar-refractivity contribution >= 4 is 25.4 Å². The van der Waals surface area contributed by atoms with Crippen LogP contribution in [0.5, 0.6) is 5.75 Å². The molecule has 2 heterocycles. The van der Waals surface area contributed by atoms with Gasteiger partial charge in [-0.1, -0.05) is 20.8 Å².